The molecule has 1 amide bonds. The highest BCUT2D eigenvalue weighted by Gasteiger charge is 2.29. The molecule has 1 aromatic rings. The second-order valence-electron chi connectivity index (χ2n) is 6.17. The Morgan fingerprint density at radius 2 is 1.96 bits per heavy atom. The third-order valence-electron chi connectivity index (χ3n) is 4.46. The fraction of sp³-hybridized carbons (Fsp3) is 0.529. The standard InChI is InChI=1S/C17H22ClN3O2S/c18-13-4-3-5-14(12-13)21-10-8-20(9-11-21)7-2-1-6-15-19-16(22)17(23)24-15/h3-5,12,15H,1-2,6-11H2,(H,19,22). The first-order valence-electron chi connectivity index (χ1n) is 8.36. The van der Waals surface area contributed by atoms with E-state index in [0.29, 0.717) is 0 Å². The van der Waals surface area contributed by atoms with E-state index < -0.39 is 5.91 Å². The number of nitrogens with one attached hydrogen (secondary N) is 1. The summed E-state index contributed by atoms with van der Waals surface area (Å²) in [6.45, 7) is 5.22. The van der Waals surface area contributed by atoms with Crippen molar-refractivity contribution in [1.29, 1.82) is 0 Å². The van der Waals surface area contributed by atoms with E-state index in [2.05, 4.69) is 21.2 Å². The Morgan fingerprint density at radius 3 is 2.62 bits per heavy atom. The van der Waals surface area contributed by atoms with Gasteiger partial charge < -0.3 is 10.2 Å². The molecule has 1 atom stereocenters. The van der Waals surface area contributed by atoms with E-state index in [1.165, 1.54) is 5.69 Å². The number of hydrogen-bond donors (Lipinski definition) is 1. The van der Waals surface area contributed by atoms with E-state index >= 15 is 0 Å². The van der Waals surface area contributed by atoms with Gasteiger partial charge in [0, 0.05) is 36.9 Å². The van der Waals surface area contributed by atoms with Crippen LogP contribution in [0.5, 0.6) is 0 Å². The van der Waals surface area contributed by atoms with E-state index in [4.69, 9.17) is 11.6 Å². The van der Waals surface area contributed by atoms with Crippen molar-refractivity contribution in [3.8, 4) is 0 Å². The van der Waals surface area contributed by atoms with Gasteiger partial charge in [0.05, 0.1) is 5.37 Å². The van der Waals surface area contributed by atoms with Crippen LogP contribution in [-0.4, -0.2) is 54.0 Å². The van der Waals surface area contributed by atoms with Crippen LogP contribution in [0.15, 0.2) is 24.3 Å². The first-order chi connectivity index (χ1) is 11.6. The monoisotopic (exact) mass is 367 g/mol. The van der Waals surface area contributed by atoms with Crippen LogP contribution in [0, 0.1) is 0 Å². The number of carbonyl (C=O) groups excluding carboxylic acids is 2. The summed E-state index contributed by atoms with van der Waals surface area (Å²) >= 11 is 7.19. The second kappa shape index (κ2) is 8.23. The summed E-state index contributed by atoms with van der Waals surface area (Å²) in [6, 6.07) is 8.02. The molecule has 2 saturated heterocycles. The zero-order valence-electron chi connectivity index (χ0n) is 13.5. The van der Waals surface area contributed by atoms with Crippen LogP contribution < -0.4 is 10.2 Å². The zero-order valence-corrected chi connectivity index (χ0v) is 15.1. The average molecular weight is 368 g/mol. The molecule has 2 aliphatic heterocycles. The van der Waals surface area contributed by atoms with Crippen molar-refractivity contribution < 1.29 is 9.59 Å². The number of anilines is 1. The van der Waals surface area contributed by atoms with Gasteiger partial charge in [0.15, 0.2) is 0 Å². The fourth-order valence-corrected chi connectivity index (χ4v) is 4.18. The maximum absolute atomic E-state index is 11.2. The lowest BCUT2D eigenvalue weighted by atomic mass is 10.2. The van der Waals surface area contributed by atoms with Crippen molar-refractivity contribution in [3.63, 3.8) is 0 Å². The molecule has 7 heteroatoms. The Kier molecular flexibility index (Phi) is 6.03. The molecule has 2 aliphatic rings. The van der Waals surface area contributed by atoms with Crippen LogP contribution >= 0.6 is 23.4 Å². The van der Waals surface area contributed by atoms with E-state index in [9.17, 15) is 9.59 Å². The molecule has 24 heavy (non-hydrogen) atoms. The van der Waals surface area contributed by atoms with E-state index in [1.54, 1.807) is 0 Å². The van der Waals surface area contributed by atoms with Crippen molar-refractivity contribution in [2.75, 3.05) is 37.6 Å². The summed E-state index contributed by atoms with van der Waals surface area (Å²) in [5.74, 6) is -0.442. The molecule has 0 aromatic heterocycles. The number of hydrogen-bond acceptors (Lipinski definition) is 5. The van der Waals surface area contributed by atoms with Gasteiger partial charge in [-0.1, -0.05) is 29.4 Å². The minimum atomic E-state index is -0.442. The first-order valence-corrected chi connectivity index (χ1v) is 9.62. The molecular weight excluding hydrogens is 346 g/mol. The summed E-state index contributed by atoms with van der Waals surface area (Å²) in [5.41, 5.74) is 1.20. The molecule has 5 nitrogen and oxygen atoms in total. The Labute approximate surface area is 151 Å². The van der Waals surface area contributed by atoms with Gasteiger partial charge in [-0.3, -0.25) is 14.5 Å². The van der Waals surface area contributed by atoms with Gasteiger partial charge in [-0.15, -0.1) is 0 Å². The largest absolute Gasteiger partial charge is 0.369 e. The number of carbonyl (C=O) groups is 2. The fourth-order valence-electron chi connectivity index (χ4n) is 3.12. The van der Waals surface area contributed by atoms with Gasteiger partial charge in [-0.05, 0) is 44.0 Å². The maximum Gasteiger partial charge on any atom is 0.299 e. The molecule has 2 heterocycles. The minimum Gasteiger partial charge on any atom is -0.369 e. The summed E-state index contributed by atoms with van der Waals surface area (Å²) < 4.78 is 0. The molecule has 0 spiro atoms. The first kappa shape index (κ1) is 17.6. The number of halogens is 1. The van der Waals surface area contributed by atoms with Crippen molar-refractivity contribution >= 4 is 40.1 Å². The lowest BCUT2D eigenvalue weighted by Gasteiger charge is -2.36. The molecular formula is C17H22ClN3O2S. The summed E-state index contributed by atoms with van der Waals surface area (Å²) in [5, 5.41) is 3.12. The SMILES string of the molecule is O=C1NC(CCCCN2CCN(c3cccc(Cl)c3)CC2)SC1=O. The smallest absolute Gasteiger partial charge is 0.299 e. The summed E-state index contributed by atoms with van der Waals surface area (Å²) in [6.07, 6.45) is 2.99. The normalized spacial score (nSPS) is 22.0. The molecule has 0 aliphatic carbocycles. The Morgan fingerprint density at radius 1 is 1.17 bits per heavy atom. The van der Waals surface area contributed by atoms with Gasteiger partial charge >= 0.3 is 0 Å². The zero-order chi connectivity index (χ0) is 16.9. The van der Waals surface area contributed by atoms with Crippen molar-refractivity contribution in [1.82, 2.24) is 10.2 Å². The van der Waals surface area contributed by atoms with Crippen molar-refractivity contribution in [3.05, 3.63) is 29.3 Å². The van der Waals surface area contributed by atoms with Crippen LogP contribution in [0.3, 0.4) is 0 Å². The van der Waals surface area contributed by atoms with E-state index in [1.807, 2.05) is 18.2 Å². The third-order valence-corrected chi connectivity index (χ3v) is 5.74. The molecule has 130 valence electrons. The van der Waals surface area contributed by atoms with Crippen LogP contribution in [0.1, 0.15) is 19.3 Å². The Balaban J connectivity index is 1.33. The van der Waals surface area contributed by atoms with Crippen molar-refractivity contribution in [2.24, 2.45) is 0 Å². The van der Waals surface area contributed by atoms with Gasteiger partial charge in [0.2, 0.25) is 0 Å². The maximum atomic E-state index is 11.2. The predicted molar refractivity (Wildman–Crippen MR) is 98.5 cm³/mol. The number of amides is 1. The van der Waals surface area contributed by atoms with Crippen LogP contribution in [0.2, 0.25) is 5.02 Å². The van der Waals surface area contributed by atoms with Gasteiger partial charge in [0.1, 0.15) is 0 Å². The van der Waals surface area contributed by atoms with E-state index in [0.717, 1.165) is 68.8 Å². The predicted octanol–water partition coefficient (Wildman–Crippen LogP) is 2.35. The number of unbranched alkanes of at least 4 members (excludes halogenated alkanes) is 1. The van der Waals surface area contributed by atoms with Crippen LogP contribution in [0.25, 0.3) is 0 Å². The van der Waals surface area contributed by atoms with Crippen molar-refractivity contribution in [2.45, 2.75) is 24.6 Å². The molecule has 0 bridgehead atoms. The molecule has 3 rings (SSSR count). The number of rotatable bonds is 6. The molecule has 1 aromatic carbocycles. The molecule has 0 saturated carbocycles. The highest BCUT2D eigenvalue weighted by Crippen LogP contribution is 2.22. The second-order valence-corrected chi connectivity index (χ2v) is 7.78. The van der Waals surface area contributed by atoms with Gasteiger partial charge in [0.25, 0.3) is 11.0 Å². The molecule has 1 N–H and O–H groups in total. The summed E-state index contributed by atoms with van der Waals surface area (Å²) in [4.78, 5) is 27.1. The lowest BCUT2D eigenvalue weighted by molar-refractivity contribution is -0.132. The minimum absolute atomic E-state index is 0.0234. The lowest BCUT2D eigenvalue weighted by Crippen LogP contribution is -2.46. The molecule has 0 radical (unpaired) electrons. The number of thioether (sulfide) groups is 1. The average Bonchev–Trinajstić information content (AvgIpc) is 2.90. The molecule has 2 fully saturated rings. The topological polar surface area (TPSA) is 52.7 Å². The van der Waals surface area contributed by atoms with Crippen LogP contribution in [0.4, 0.5) is 5.69 Å². The van der Waals surface area contributed by atoms with Gasteiger partial charge in [-0.2, -0.15) is 0 Å². The van der Waals surface area contributed by atoms with Gasteiger partial charge in [-0.25, -0.2) is 0 Å². The third kappa shape index (κ3) is 4.65. The Bertz CT molecular complexity index is 589. The number of piperazine rings is 1. The molecule has 1 unspecified atom stereocenters. The number of nitrogens with zero attached hydrogens (tertiary/aromatic N) is 2. The van der Waals surface area contributed by atoms with Crippen LogP contribution in [-0.2, 0) is 9.59 Å². The highest BCUT2D eigenvalue weighted by molar-refractivity contribution is 8.16. The Hall–Kier alpha value is -1.24. The summed E-state index contributed by atoms with van der Waals surface area (Å²) in [7, 11) is 0. The highest BCUT2D eigenvalue weighted by atomic mass is 35.5. The number of benzene rings is 1. The quantitative estimate of drug-likeness (QED) is 0.618. The van der Waals surface area contributed by atoms with E-state index in [-0.39, 0.29) is 10.5 Å².